The maximum absolute atomic E-state index is 12.2. The molecule has 5 heteroatoms. The second-order valence-electron chi connectivity index (χ2n) is 4.65. The van der Waals surface area contributed by atoms with Crippen LogP contribution in [0.5, 0.6) is 0 Å². The lowest BCUT2D eigenvalue weighted by Gasteiger charge is -2.03. The van der Waals surface area contributed by atoms with Crippen molar-refractivity contribution in [3.05, 3.63) is 48.8 Å². The van der Waals surface area contributed by atoms with Crippen LogP contribution in [0.1, 0.15) is 0 Å². The summed E-state index contributed by atoms with van der Waals surface area (Å²) in [5.41, 5.74) is 3.76. The Kier molecular flexibility index (Phi) is 4.10. The molecule has 0 bridgehead atoms. The quantitative estimate of drug-likeness (QED) is 0.719. The van der Waals surface area contributed by atoms with Crippen molar-refractivity contribution in [1.29, 1.82) is 0 Å². The first-order valence-electron chi connectivity index (χ1n) is 6.73. The van der Waals surface area contributed by atoms with Gasteiger partial charge in [0.25, 0.3) is 0 Å². The van der Waals surface area contributed by atoms with Crippen molar-refractivity contribution >= 4 is 23.1 Å². The van der Waals surface area contributed by atoms with E-state index in [1.54, 1.807) is 11.8 Å². The highest BCUT2D eigenvalue weighted by Crippen LogP contribution is 2.23. The normalized spacial score (nSPS) is 11.0. The molecule has 0 amide bonds. The van der Waals surface area contributed by atoms with Gasteiger partial charge in [-0.3, -0.25) is 0 Å². The third-order valence-corrected chi connectivity index (χ3v) is 4.01. The monoisotopic (exact) mass is 301 g/mol. The summed E-state index contributed by atoms with van der Waals surface area (Å²) in [7, 11) is 0. The Bertz CT molecular complexity index is 737. The third-order valence-electron chi connectivity index (χ3n) is 3.27. The number of anilines is 1. The number of hydrogen-bond donors (Lipinski definition) is 1. The number of hydrogen-bond acceptors (Lipinski definition) is 3. The number of halogens is 1. The maximum Gasteiger partial charge on any atom is 0.139 e. The number of alkyl halides is 1. The number of fused-ring (bicyclic) bond motifs is 1. The van der Waals surface area contributed by atoms with Crippen molar-refractivity contribution in [2.45, 2.75) is 4.90 Å². The van der Waals surface area contributed by atoms with Crippen LogP contribution in [0.25, 0.3) is 16.9 Å². The first kappa shape index (κ1) is 13.9. The first-order chi connectivity index (χ1) is 10.3. The Morgan fingerprint density at radius 1 is 1.24 bits per heavy atom. The minimum atomic E-state index is -0.382. The van der Waals surface area contributed by atoms with Crippen LogP contribution in [0.4, 0.5) is 10.1 Å². The SMILES string of the molecule is CSc1ccc(-c2cn3ccc(NCCF)cc3n2)cc1. The van der Waals surface area contributed by atoms with Crippen LogP contribution in [0, 0.1) is 0 Å². The van der Waals surface area contributed by atoms with Gasteiger partial charge in [-0.1, -0.05) is 12.1 Å². The minimum absolute atomic E-state index is 0.319. The fourth-order valence-corrected chi connectivity index (χ4v) is 2.59. The molecule has 0 radical (unpaired) electrons. The minimum Gasteiger partial charge on any atom is -0.382 e. The summed E-state index contributed by atoms with van der Waals surface area (Å²) in [6.07, 6.45) is 6.00. The van der Waals surface area contributed by atoms with Gasteiger partial charge >= 0.3 is 0 Å². The smallest absolute Gasteiger partial charge is 0.139 e. The maximum atomic E-state index is 12.2. The van der Waals surface area contributed by atoms with Crippen molar-refractivity contribution in [1.82, 2.24) is 9.38 Å². The molecule has 1 N–H and O–H groups in total. The van der Waals surface area contributed by atoms with E-state index in [0.29, 0.717) is 6.54 Å². The largest absolute Gasteiger partial charge is 0.382 e. The molecule has 0 unspecified atom stereocenters. The zero-order chi connectivity index (χ0) is 14.7. The van der Waals surface area contributed by atoms with Crippen LogP contribution >= 0.6 is 11.8 Å². The summed E-state index contributed by atoms with van der Waals surface area (Å²) in [5.74, 6) is 0. The summed E-state index contributed by atoms with van der Waals surface area (Å²) < 4.78 is 14.2. The van der Waals surface area contributed by atoms with E-state index >= 15 is 0 Å². The molecule has 2 aromatic heterocycles. The molecular weight excluding hydrogens is 285 g/mol. The fraction of sp³-hybridized carbons (Fsp3) is 0.188. The zero-order valence-corrected chi connectivity index (χ0v) is 12.5. The molecule has 0 aliphatic carbocycles. The van der Waals surface area contributed by atoms with Crippen molar-refractivity contribution in [2.75, 3.05) is 24.8 Å². The topological polar surface area (TPSA) is 29.3 Å². The van der Waals surface area contributed by atoms with Crippen molar-refractivity contribution in [3.63, 3.8) is 0 Å². The van der Waals surface area contributed by atoms with Crippen molar-refractivity contribution < 1.29 is 4.39 Å². The molecule has 0 atom stereocenters. The lowest BCUT2D eigenvalue weighted by atomic mass is 10.2. The lowest BCUT2D eigenvalue weighted by molar-refractivity contribution is 0.513. The van der Waals surface area contributed by atoms with Crippen molar-refractivity contribution in [3.8, 4) is 11.3 Å². The second kappa shape index (κ2) is 6.18. The highest BCUT2D eigenvalue weighted by molar-refractivity contribution is 7.98. The predicted molar refractivity (Wildman–Crippen MR) is 86.9 cm³/mol. The molecule has 3 aromatic rings. The number of pyridine rings is 1. The summed E-state index contributed by atoms with van der Waals surface area (Å²) in [6, 6.07) is 12.2. The fourth-order valence-electron chi connectivity index (χ4n) is 2.18. The summed E-state index contributed by atoms with van der Waals surface area (Å²) in [6.45, 7) is -0.0630. The molecule has 0 aliphatic rings. The Morgan fingerprint density at radius 3 is 2.76 bits per heavy atom. The highest BCUT2D eigenvalue weighted by atomic mass is 32.2. The third kappa shape index (κ3) is 3.03. The van der Waals surface area contributed by atoms with Gasteiger partial charge in [0.2, 0.25) is 0 Å². The number of rotatable bonds is 5. The van der Waals surface area contributed by atoms with Gasteiger partial charge in [0.1, 0.15) is 12.3 Å². The molecule has 0 saturated carbocycles. The standard InChI is InChI=1S/C16H16FN3S/c1-21-14-4-2-12(3-5-14)15-11-20-9-6-13(18-8-7-17)10-16(20)19-15/h2-6,9-11,18H,7-8H2,1H3. The number of thioether (sulfide) groups is 1. The number of nitrogens with one attached hydrogen (secondary N) is 1. The van der Waals surface area contributed by atoms with E-state index in [4.69, 9.17) is 0 Å². The molecule has 3 nitrogen and oxygen atoms in total. The average molecular weight is 301 g/mol. The number of benzene rings is 1. The van der Waals surface area contributed by atoms with Crippen LogP contribution in [0.15, 0.2) is 53.7 Å². The van der Waals surface area contributed by atoms with E-state index in [2.05, 4.69) is 40.8 Å². The van der Waals surface area contributed by atoms with Crippen LogP contribution < -0.4 is 5.32 Å². The molecule has 1 aromatic carbocycles. The zero-order valence-electron chi connectivity index (χ0n) is 11.7. The van der Waals surface area contributed by atoms with E-state index in [9.17, 15) is 4.39 Å². The molecule has 0 fully saturated rings. The van der Waals surface area contributed by atoms with Gasteiger partial charge in [0.05, 0.1) is 5.69 Å². The molecule has 2 heterocycles. The Labute approximate surface area is 127 Å². The summed E-state index contributed by atoms with van der Waals surface area (Å²) in [5, 5.41) is 3.02. The van der Waals surface area contributed by atoms with Gasteiger partial charge in [-0.2, -0.15) is 0 Å². The van der Waals surface area contributed by atoms with Crippen LogP contribution in [0.2, 0.25) is 0 Å². The Hall–Kier alpha value is -2.01. The molecular formula is C16H16FN3S. The lowest BCUT2D eigenvalue weighted by Crippen LogP contribution is -2.02. The molecule has 108 valence electrons. The summed E-state index contributed by atoms with van der Waals surface area (Å²) in [4.78, 5) is 5.87. The molecule has 3 rings (SSSR count). The molecule has 0 aliphatic heterocycles. The van der Waals surface area contributed by atoms with Gasteiger partial charge in [-0.05, 0) is 24.5 Å². The first-order valence-corrected chi connectivity index (χ1v) is 7.95. The number of nitrogens with zero attached hydrogens (tertiary/aromatic N) is 2. The van der Waals surface area contributed by atoms with Crippen LogP contribution in [-0.4, -0.2) is 28.9 Å². The Morgan fingerprint density at radius 2 is 2.05 bits per heavy atom. The van der Waals surface area contributed by atoms with Gasteiger partial charge < -0.3 is 9.72 Å². The van der Waals surface area contributed by atoms with E-state index in [-0.39, 0.29) is 6.67 Å². The second-order valence-corrected chi connectivity index (χ2v) is 5.53. The number of aromatic nitrogens is 2. The van der Waals surface area contributed by atoms with Crippen LogP contribution in [-0.2, 0) is 0 Å². The number of imidazole rings is 1. The molecule has 0 spiro atoms. The predicted octanol–water partition coefficient (Wildman–Crippen LogP) is 4.10. The van der Waals surface area contributed by atoms with Gasteiger partial charge in [-0.15, -0.1) is 11.8 Å². The van der Waals surface area contributed by atoms with E-state index in [0.717, 1.165) is 22.6 Å². The summed E-state index contributed by atoms with van der Waals surface area (Å²) >= 11 is 1.72. The van der Waals surface area contributed by atoms with Crippen molar-refractivity contribution in [2.24, 2.45) is 0 Å². The van der Waals surface area contributed by atoms with E-state index in [1.165, 1.54) is 4.90 Å². The highest BCUT2D eigenvalue weighted by Gasteiger charge is 2.05. The van der Waals surface area contributed by atoms with E-state index in [1.807, 2.05) is 28.9 Å². The molecule has 21 heavy (non-hydrogen) atoms. The molecule has 0 saturated heterocycles. The van der Waals surface area contributed by atoms with Crippen LogP contribution in [0.3, 0.4) is 0 Å². The van der Waals surface area contributed by atoms with E-state index < -0.39 is 0 Å². The van der Waals surface area contributed by atoms with Gasteiger partial charge in [0.15, 0.2) is 0 Å². The Balaban J connectivity index is 1.92. The van der Waals surface area contributed by atoms with Gasteiger partial charge in [0, 0.05) is 41.2 Å². The van der Waals surface area contributed by atoms with Gasteiger partial charge in [-0.25, -0.2) is 9.37 Å². The average Bonchev–Trinajstić information content (AvgIpc) is 2.96.